The minimum absolute atomic E-state index is 0.0716. The molecule has 0 aromatic carbocycles. The van der Waals surface area contributed by atoms with Crippen LogP contribution in [-0.2, 0) is 16.4 Å². The lowest BCUT2D eigenvalue weighted by atomic mass is 9.99. The summed E-state index contributed by atoms with van der Waals surface area (Å²) in [6, 6.07) is 2.48. The van der Waals surface area contributed by atoms with Crippen LogP contribution in [0.5, 0.6) is 0 Å². The maximum atomic E-state index is 13.7. The maximum Gasteiger partial charge on any atom is 0.420 e. The highest BCUT2D eigenvalue weighted by atomic mass is 35.5. The first-order chi connectivity index (χ1) is 15.7. The highest BCUT2D eigenvalue weighted by Crippen LogP contribution is 2.60. The Balaban J connectivity index is 1.35. The number of alkyl halides is 3. The van der Waals surface area contributed by atoms with E-state index in [-0.39, 0.29) is 11.1 Å². The van der Waals surface area contributed by atoms with Gasteiger partial charge in [0.05, 0.1) is 35.9 Å². The van der Waals surface area contributed by atoms with Gasteiger partial charge in [0.15, 0.2) is 16.6 Å². The first-order valence-corrected chi connectivity index (χ1v) is 10.4. The molecule has 6 rings (SSSR count). The van der Waals surface area contributed by atoms with Gasteiger partial charge in [-0.1, -0.05) is 11.6 Å². The number of nitrogens with zero attached hydrogens (tertiary/aromatic N) is 7. The van der Waals surface area contributed by atoms with E-state index in [1.54, 1.807) is 16.8 Å². The second-order valence-corrected chi connectivity index (χ2v) is 8.62. The van der Waals surface area contributed by atoms with Gasteiger partial charge in [-0.15, -0.1) is 4.80 Å². The molecule has 4 heterocycles. The van der Waals surface area contributed by atoms with Crippen LogP contribution in [0.4, 0.5) is 18.9 Å². The molecule has 9 nitrogen and oxygen atoms in total. The molecular formula is C20H14ClF3N8O. The summed E-state index contributed by atoms with van der Waals surface area (Å²) in [7, 11) is 0. The van der Waals surface area contributed by atoms with E-state index >= 15 is 0 Å². The van der Waals surface area contributed by atoms with Crippen LogP contribution in [-0.4, -0.2) is 40.5 Å². The van der Waals surface area contributed by atoms with E-state index in [1.165, 1.54) is 12.4 Å². The Kier molecular flexibility index (Phi) is 4.10. The van der Waals surface area contributed by atoms with Crippen LogP contribution < -0.4 is 5.32 Å². The minimum atomic E-state index is -4.72. The molecule has 0 unspecified atom stereocenters. The highest BCUT2D eigenvalue weighted by Gasteiger charge is 2.56. The molecule has 0 aliphatic heterocycles. The van der Waals surface area contributed by atoms with Crippen molar-refractivity contribution < 1.29 is 18.0 Å². The number of pyridine rings is 1. The molecule has 168 valence electrons. The maximum absolute atomic E-state index is 13.7. The molecule has 2 aliphatic rings. The van der Waals surface area contributed by atoms with Crippen LogP contribution in [0.2, 0.25) is 5.15 Å². The molecule has 33 heavy (non-hydrogen) atoms. The summed E-state index contributed by atoms with van der Waals surface area (Å²) in [5.74, 6) is -1.49. The molecule has 0 bridgehead atoms. The summed E-state index contributed by atoms with van der Waals surface area (Å²) in [5.41, 5.74) is 0.869. The quantitative estimate of drug-likeness (QED) is 0.487. The van der Waals surface area contributed by atoms with Gasteiger partial charge in [0.2, 0.25) is 5.91 Å². The Morgan fingerprint density at radius 3 is 2.61 bits per heavy atom. The average Bonchev–Trinajstić information content (AvgIpc) is 3.10. The van der Waals surface area contributed by atoms with Crippen LogP contribution in [0.1, 0.15) is 42.0 Å². The van der Waals surface area contributed by atoms with Crippen LogP contribution >= 0.6 is 11.6 Å². The third-order valence-electron chi connectivity index (χ3n) is 6.17. The first kappa shape index (κ1) is 20.1. The second-order valence-electron chi connectivity index (χ2n) is 8.24. The molecule has 1 amide bonds. The van der Waals surface area contributed by atoms with Crippen molar-refractivity contribution >= 4 is 28.8 Å². The minimum Gasteiger partial charge on any atom is -0.324 e. The van der Waals surface area contributed by atoms with Crippen molar-refractivity contribution in [3.05, 3.63) is 58.9 Å². The number of rotatable bonds is 3. The number of aromatic nitrogens is 7. The van der Waals surface area contributed by atoms with E-state index in [2.05, 4.69) is 30.6 Å². The van der Waals surface area contributed by atoms with Gasteiger partial charge in [0, 0.05) is 23.2 Å². The van der Waals surface area contributed by atoms with E-state index in [1.807, 2.05) is 0 Å². The van der Waals surface area contributed by atoms with Crippen LogP contribution in [0, 0.1) is 0 Å². The number of amides is 1. The number of carbonyl (C=O) groups excluding carboxylic acids is 1. The van der Waals surface area contributed by atoms with Gasteiger partial charge in [-0.05, 0) is 25.3 Å². The smallest absolute Gasteiger partial charge is 0.324 e. The zero-order chi connectivity index (χ0) is 23.0. The van der Waals surface area contributed by atoms with Crippen molar-refractivity contribution in [2.45, 2.75) is 36.8 Å². The van der Waals surface area contributed by atoms with E-state index in [0.29, 0.717) is 22.8 Å². The Bertz CT molecular complexity index is 1410. The number of fused-ring (bicyclic) bond motifs is 4. The molecule has 1 fully saturated rings. The lowest BCUT2D eigenvalue weighted by Gasteiger charge is -2.15. The molecule has 4 aromatic rings. The van der Waals surface area contributed by atoms with Gasteiger partial charge in [-0.2, -0.15) is 28.5 Å². The monoisotopic (exact) mass is 474 g/mol. The Morgan fingerprint density at radius 2 is 1.91 bits per heavy atom. The molecule has 0 saturated heterocycles. The van der Waals surface area contributed by atoms with Crippen molar-refractivity contribution in [3.8, 4) is 5.82 Å². The van der Waals surface area contributed by atoms with Gasteiger partial charge in [0.1, 0.15) is 5.56 Å². The molecular weight excluding hydrogens is 461 g/mol. The van der Waals surface area contributed by atoms with Gasteiger partial charge in [-0.3, -0.25) is 4.79 Å². The van der Waals surface area contributed by atoms with Crippen molar-refractivity contribution in [2.24, 2.45) is 0 Å². The van der Waals surface area contributed by atoms with Crippen LogP contribution in [0.15, 0.2) is 36.9 Å². The standard InChI is InChI=1S/C20H14ClF3N8O/c21-14-6-15-25-9-12-11(7-19(1-2-19)16(12)31(15)30-14)18(33)29-10-5-13(20(22,23)24)17(26-8-10)32-27-3-4-28-32/h3-6,8-9,11H,1-2,7H2,(H,29,33)/t11-/m1/s1. The van der Waals surface area contributed by atoms with E-state index in [4.69, 9.17) is 11.6 Å². The SMILES string of the molecule is O=C(Nc1cnc(-n2nccn2)c(C(F)(F)F)c1)[C@@H]1CC2(CC2)c2c1cnc1cc(Cl)nn21. The Labute approximate surface area is 188 Å². The van der Waals surface area contributed by atoms with E-state index < -0.39 is 29.4 Å². The molecule has 1 saturated carbocycles. The van der Waals surface area contributed by atoms with Crippen LogP contribution in [0.25, 0.3) is 11.5 Å². The third kappa shape index (κ3) is 3.16. The van der Waals surface area contributed by atoms with Gasteiger partial charge < -0.3 is 5.32 Å². The summed E-state index contributed by atoms with van der Waals surface area (Å²) in [6.45, 7) is 0. The summed E-state index contributed by atoms with van der Waals surface area (Å²) >= 11 is 6.05. The summed E-state index contributed by atoms with van der Waals surface area (Å²) in [4.78, 5) is 22.2. The topological polar surface area (TPSA) is 103 Å². The van der Waals surface area contributed by atoms with E-state index in [9.17, 15) is 18.0 Å². The lowest BCUT2D eigenvalue weighted by Crippen LogP contribution is -2.21. The molecule has 1 atom stereocenters. The Morgan fingerprint density at radius 1 is 1.15 bits per heavy atom. The highest BCUT2D eigenvalue weighted by molar-refractivity contribution is 6.29. The average molecular weight is 475 g/mol. The largest absolute Gasteiger partial charge is 0.420 e. The number of carbonyl (C=O) groups is 1. The normalized spacial score (nSPS) is 18.6. The molecule has 0 radical (unpaired) electrons. The predicted molar refractivity (Wildman–Crippen MR) is 109 cm³/mol. The number of hydrogen-bond acceptors (Lipinski definition) is 6. The predicted octanol–water partition coefficient (Wildman–Crippen LogP) is 3.53. The zero-order valence-electron chi connectivity index (χ0n) is 16.7. The van der Waals surface area contributed by atoms with Crippen LogP contribution in [0.3, 0.4) is 0 Å². The number of anilines is 1. The van der Waals surface area contributed by atoms with Gasteiger partial charge >= 0.3 is 6.18 Å². The fourth-order valence-electron chi connectivity index (χ4n) is 4.58. The van der Waals surface area contributed by atoms with E-state index in [0.717, 1.165) is 35.6 Å². The Hall–Kier alpha value is -3.54. The molecule has 2 aliphatic carbocycles. The first-order valence-electron chi connectivity index (χ1n) is 10.0. The summed E-state index contributed by atoms with van der Waals surface area (Å²) < 4.78 is 42.7. The summed E-state index contributed by atoms with van der Waals surface area (Å²) in [5, 5.41) is 14.6. The van der Waals surface area contributed by atoms with Crippen molar-refractivity contribution in [1.29, 1.82) is 0 Å². The van der Waals surface area contributed by atoms with Gasteiger partial charge in [-0.25, -0.2) is 14.5 Å². The van der Waals surface area contributed by atoms with Crippen molar-refractivity contribution in [1.82, 2.24) is 34.6 Å². The fraction of sp³-hybridized carbons (Fsp3) is 0.300. The summed E-state index contributed by atoms with van der Waals surface area (Å²) in [6.07, 6.45) is 2.89. The number of hydrogen-bond donors (Lipinski definition) is 1. The van der Waals surface area contributed by atoms with Crippen molar-refractivity contribution in [3.63, 3.8) is 0 Å². The fourth-order valence-corrected chi connectivity index (χ4v) is 4.75. The lowest BCUT2D eigenvalue weighted by molar-refractivity contribution is -0.137. The number of nitrogens with one attached hydrogen (secondary N) is 1. The number of halogens is 4. The van der Waals surface area contributed by atoms with Gasteiger partial charge in [0.25, 0.3) is 0 Å². The second kappa shape index (κ2) is 6.73. The molecule has 13 heteroatoms. The third-order valence-corrected chi connectivity index (χ3v) is 6.36. The zero-order valence-corrected chi connectivity index (χ0v) is 17.5. The molecule has 1 spiro atoms. The molecule has 1 N–H and O–H groups in total. The molecule has 4 aromatic heterocycles. The van der Waals surface area contributed by atoms with Crippen molar-refractivity contribution in [2.75, 3.05) is 5.32 Å².